The summed E-state index contributed by atoms with van der Waals surface area (Å²) in [7, 11) is 0. The molecule has 0 radical (unpaired) electrons. The number of hydrogen-bond acceptors (Lipinski definition) is 3. The minimum Gasteiger partial charge on any atom is -0.367 e. The minimum atomic E-state index is 0.702. The summed E-state index contributed by atoms with van der Waals surface area (Å²) in [5.41, 5.74) is 9.40. The molecular formula is C16H21N3. The molecule has 0 bridgehead atoms. The highest BCUT2D eigenvalue weighted by Crippen LogP contribution is 2.17. The molecule has 19 heavy (non-hydrogen) atoms. The molecular weight excluding hydrogens is 234 g/mol. The molecule has 0 amide bonds. The van der Waals surface area contributed by atoms with Crippen LogP contribution < -0.4 is 10.6 Å². The van der Waals surface area contributed by atoms with Crippen LogP contribution in [-0.4, -0.2) is 18.1 Å². The molecule has 0 unspecified atom stereocenters. The zero-order valence-electron chi connectivity index (χ0n) is 11.4. The van der Waals surface area contributed by atoms with E-state index in [0.717, 1.165) is 19.5 Å². The molecule has 1 aromatic carbocycles. The highest BCUT2D eigenvalue weighted by molar-refractivity contribution is 5.48. The predicted octanol–water partition coefficient (Wildman–Crippen LogP) is 2.61. The molecule has 1 heterocycles. The average molecular weight is 255 g/mol. The Kier molecular flexibility index (Phi) is 4.93. The summed E-state index contributed by atoms with van der Waals surface area (Å²) in [4.78, 5) is 6.40. The molecule has 0 aliphatic heterocycles. The van der Waals surface area contributed by atoms with Gasteiger partial charge in [0.05, 0.1) is 0 Å². The largest absolute Gasteiger partial charge is 0.367 e. The van der Waals surface area contributed by atoms with E-state index in [4.69, 9.17) is 5.73 Å². The van der Waals surface area contributed by atoms with E-state index in [9.17, 15) is 0 Å². The number of hydrogen-bond donors (Lipinski definition) is 1. The zero-order valence-corrected chi connectivity index (χ0v) is 11.4. The monoisotopic (exact) mass is 255 g/mol. The van der Waals surface area contributed by atoms with Gasteiger partial charge in [0.2, 0.25) is 0 Å². The first-order valence-corrected chi connectivity index (χ1v) is 6.76. The Bertz CT molecular complexity index is 479. The maximum atomic E-state index is 5.57. The SMILES string of the molecule is CCN(Cc1ccncc1)c1ccc(CCN)cc1. The first kappa shape index (κ1) is 13.6. The van der Waals surface area contributed by atoms with Crippen molar-refractivity contribution in [2.45, 2.75) is 19.9 Å². The van der Waals surface area contributed by atoms with Gasteiger partial charge in [0.1, 0.15) is 0 Å². The van der Waals surface area contributed by atoms with Crippen molar-refractivity contribution in [3.05, 3.63) is 59.9 Å². The summed E-state index contributed by atoms with van der Waals surface area (Å²) in [5, 5.41) is 0. The Hall–Kier alpha value is -1.87. The van der Waals surface area contributed by atoms with Crippen LogP contribution in [0.2, 0.25) is 0 Å². The number of aromatic nitrogens is 1. The molecule has 2 aromatic rings. The molecule has 3 heteroatoms. The summed E-state index contributed by atoms with van der Waals surface area (Å²) in [6, 6.07) is 12.8. The highest BCUT2D eigenvalue weighted by Gasteiger charge is 2.05. The average Bonchev–Trinajstić information content (AvgIpc) is 2.47. The summed E-state index contributed by atoms with van der Waals surface area (Å²) < 4.78 is 0. The van der Waals surface area contributed by atoms with Crippen LogP contribution in [0.25, 0.3) is 0 Å². The third-order valence-corrected chi connectivity index (χ3v) is 3.24. The second kappa shape index (κ2) is 6.90. The number of pyridine rings is 1. The van der Waals surface area contributed by atoms with Crippen LogP contribution in [0.15, 0.2) is 48.8 Å². The number of benzene rings is 1. The predicted molar refractivity (Wildman–Crippen MR) is 80.2 cm³/mol. The Balaban J connectivity index is 2.08. The van der Waals surface area contributed by atoms with Gasteiger partial charge in [-0.1, -0.05) is 12.1 Å². The van der Waals surface area contributed by atoms with Crippen molar-refractivity contribution in [1.29, 1.82) is 0 Å². The van der Waals surface area contributed by atoms with Crippen molar-refractivity contribution in [1.82, 2.24) is 4.98 Å². The lowest BCUT2D eigenvalue weighted by Gasteiger charge is -2.23. The van der Waals surface area contributed by atoms with Gasteiger partial charge >= 0.3 is 0 Å². The van der Waals surface area contributed by atoms with Gasteiger partial charge in [0.15, 0.2) is 0 Å². The number of rotatable bonds is 6. The number of nitrogens with zero attached hydrogens (tertiary/aromatic N) is 2. The molecule has 0 aliphatic rings. The number of nitrogens with two attached hydrogens (primary N) is 1. The van der Waals surface area contributed by atoms with E-state index in [1.165, 1.54) is 16.8 Å². The van der Waals surface area contributed by atoms with E-state index in [1.807, 2.05) is 12.4 Å². The van der Waals surface area contributed by atoms with Crippen LogP contribution in [0.1, 0.15) is 18.1 Å². The van der Waals surface area contributed by atoms with E-state index in [0.29, 0.717) is 6.54 Å². The van der Waals surface area contributed by atoms with Gasteiger partial charge in [0, 0.05) is 31.2 Å². The molecule has 1 aromatic heterocycles. The topological polar surface area (TPSA) is 42.2 Å². The van der Waals surface area contributed by atoms with Gasteiger partial charge in [-0.25, -0.2) is 0 Å². The Labute approximate surface area is 115 Å². The van der Waals surface area contributed by atoms with Crippen molar-refractivity contribution in [3.8, 4) is 0 Å². The van der Waals surface area contributed by atoms with Gasteiger partial charge < -0.3 is 10.6 Å². The van der Waals surface area contributed by atoms with Gasteiger partial charge in [-0.2, -0.15) is 0 Å². The summed E-state index contributed by atoms with van der Waals surface area (Å²) >= 11 is 0. The van der Waals surface area contributed by atoms with E-state index in [-0.39, 0.29) is 0 Å². The van der Waals surface area contributed by atoms with Crippen LogP contribution in [0.5, 0.6) is 0 Å². The maximum absolute atomic E-state index is 5.57. The molecule has 100 valence electrons. The van der Waals surface area contributed by atoms with E-state index in [1.54, 1.807) is 0 Å². The zero-order chi connectivity index (χ0) is 13.5. The summed E-state index contributed by atoms with van der Waals surface area (Å²) in [6.07, 6.45) is 4.62. The lowest BCUT2D eigenvalue weighted by Crippen LogP contribution is -2.21. The smallest absolute Gasteiger partial charge is 0.0430 e. The molecule has 0 fully saturated rings. The fourth-order valence-electron chi connectivity index (χ4n) is 2.13. The van der Waals surface area contributed by atoms with E-state index < -0.39 is 0 Å². The normalized spacial score (nSPS) is 10.4. The second-order valence-electron chi connectivity index (χ2n) is 4.57. The lowest BCUT2D eigenvalue weighted by molar-refractivity contribution is 0.829. The van der Waals surface area contributed by atoms with Crippen LogP contribution in [0, 0.1) is 0 Å². The summed E-state index contributed by atoms with van der Waals surface area (Å²) in [6.45, 7) is 4.77. The van der Waals surface area contributed by atoms with Crippen LogP contribution in [0.3, 0.4) is 0 Å². The van der Waals surface area contributed by atoms with Crippen molar-refractivity contribution < 1.29 is 0 Å². The van der Waals surface area contributed by atoms with Crippen LogP contribution in [-0.2, 0) is 13.0 Å². The molecule has 3 nitrogen and oxygen atoms in total. The molecule has 0 atom stereocenters. The fourth-order valence-corrected chi connectivity index (χ4v) is 2.13. The van der Waals surface area contributed by atoms with Gasteiger partial charge in [0.25, 0.3) is 0 Å². The Morgan fingerprint density at radius 1 is 1.00 bits per heavy atom. The third-order valence-electron chi connectivity index (χ3n) is 3.24. The maximum Gasteiger partial charge on any atom is 0.0430 e. The molecule has 0 saturated heterocycles. The number of anilines is 1. The summed E-state index contributed by atoms with van der Waals surface area (Å²) in [5.74, 6) is 0. The second-order valence-corrected chi connectivity index (χ2v) is 4.57. The van der Waals surface area contributed by atoms with Crippen molar-refractivity contribution in [2.24, 2.45) is 5.73 Å². The van der Waals surface area contributed by atoms with Gasteiger partial charge in [-0.05, 0) is 55.3 Å². The first-order valence-electron chi connectivity index (χ1n) is 6.76. The quantitative estimate of drug-likeness (QED) is 0.862. The van der Waals surface area contributed by atoms with Gasteiger partial charge in [-0.15, -0.1) is 0 Å². The van der Waals surface area contributed by atoms with Crippen molar-refractivity contribution in [3.63, 3.8) is 0 Å². The molecule has 0 aliphatic carbocycles. The van der Waals surface area contributed by atoms with Gasteiger partial charge in [-0.3, -0.25) is 4.98 Å². The Morgan fingerprint density at radius 2 is 1.68 bits per heavy atom. The molecule has 0 spiro atoms. The van der Waals surface area contributed by atoms with Crippen LogP contribution >= 0.6 is 0 Å². The lowest BCUT2D eigenvalue weighted by atomic mass is 10.1. The fraction of sp³-hybridized carbons (Fsp3) is 0.312. The standard InChI is InChI=1S/C16H21N3/c1-2-19(13-15-8-11-18-12-9-15)16-5-3-14(4-6-16)7-10-17/h3-6,8-9,11-12H,2,7,10,13,17H2,1H3. The third kappa shape index (κ3) is 3.80. The highest BCUT2D eigenvalue weighted by atomic mass is 15.1. The van der Waals surface area contributed by atoms with E-state index >= 15 is 0 Å². The van der Waals surface area contributed by atoms with Crippen LogP contribution in [0.4, 0.5) is 5.69 Å². The Morgan fingerprint density at radius 3 is 2.26 bits per heavy atom. The minimum absolute atomic E-state index is 0.702. The molecule has 0 saturated carbocycles. The molecule has 2 N–H and O–H groups in total. The van der Waals surface area contributed by atoms with E-state index in [2.05, 4.69) is 53.2 Å². The molecule has 2 rings (SSSR count). The first-order chi connectivity index (χ1) is 9.33. The van der Waals surface area contributed by atoms with Crippen molar-refractivity contribution in [2.75, 3.05) is 18.0 Å². The van der Waals surface area contributed by atoms with Crippen molar-refractivity contribution >= 4 is 5.69 Å².